The summed E-state index contributed by atoms with van der Waals surface area (Å²) >= 11 is 0. The number of fused-ring (bicyclic) bond motifs is 1. The van der Waals surface area contributed by atoms with E-state index in [1.807, 2.05) is 97.1 Å². The molecule has 4 aromatic rings. The van der Waals surface area contributed by atoms with Gasteiger partial charge in [0.2, 0.25) is 0 Å². The van der Waals surface area contributed by atoms with E-state index in [9.17, 15) is 15.1 Å². The molecule has 0 saturated heterocycles. The van der Waals surface area contributed by atoms with E-state index in [-0.39, 0.29) is 0 Å². The first kappa shape index (κ1) is 20.2. The molecule has 0 heterocycles. The highest BCUT2D eigenvalue weighted by molar-refractivity contribution is 5.88. The van der Waals surface area contributed by atoms with Crippen LogP contribution in [0, 0.1) is 11.1 Å². The molecule has 1 fully saturated rings. The summed E-state index contributed by atoms with van der Waals surface area (Å²) in [6, 6.07) is 31.3. The fraction of sp³-hybridized carbons (Fsp3) is 0.148. The molecule has 0 spiro atoms. The Morgan fingerprint density at radius 3 is 1.88 bits per heavy atom. The molecule has 1 saturated carbocycles. The molecule has 4 aromatic carbocycles. The molecule has 5 nitrogen and oxygen atoms in total. The third kappa shape index (κ3) is 3.51. The molecule has 0 radical (unpaired) electrons. The maximum Gasteiger partial charge on any atom is 0.307 e. The van der Waals surface area contributed by atoms with Crippen molar-refractivity contribution in [3.63, 3.8) is 0 Å². The summed E-state index contributed by atoms with van der Waals surface area (Å²) < 4.78 is 0. The molecular formula is C27H22NO4-. The molecule has 5 heteroatoms. The SMILES string of the molecule is O=C(O)C1[C@@H](c2ccccc2)C(N([O-])Oc2cccc3ccccc23)[C@@H]1c1ccccc1. The van der Waals surface area contributed by atoms with Gasteiger partial charge in [0.25, 0.3) is 0 Å². The number of nitrogens with zero attached hydrogens (tertiary/aromatic N) is 1. The van der Waals surface area contributed by atoms with Crippen LogP contribution < -0.4 is 4.84 Å². The second-order valence-electron chi connectivity index (χ2n) is 8.08. The highest BCUT2D eigenvalue weighted by Gasteiger charge is 2.56. The summed E-state index contributed by atoms with van der Waals surface area (Å²) in [5.74, 6) is -2.17. The van der Waals surface area contributed by atoms with Gasteiger partial charge in [-0.1, -0.05) is 97.1 Å². The highest BCUT2D eigenvalue weighted by atomic mass is 16.9. The summed E-state index contributed by atoms with van der Waals surface area (Å²) in [5, 5.41) is 25.9. The van der Waals surface area contributed by atoms with E-state index >= 15 is 0 Å². The van der Waals surface area contributed by atoms with E-state index in [0.717, 1.165) is 21.9 Å². The molecule has 2 atom stereocenters. The van der Waals surface area contributed by atoms with Gasteiger partial charge >= 0.3 is 5.97 Å². The predicted octanol–water partition coefficient (Wildman–Crippen LogP) is 5.58. The van der Waals surface area contributed by atoms with Crippen LogP contribution >= 0.6 is 0 Å². The van der Waals surface area contributed by atoms with Gasteiger partial charge in [-0.15, -0.1) is 0 Å². The molecule has 32 heavy (non-hydrogen) atoms. The second kappa shape index (κ2) is 8.46. The van der Waals surface area contributed by atoms with Gasteiger partial charge in [-0.2, -0.15) is 0 Å². The molecule has 1 aliphatic rings. The average molecular weight is 424 g/mol. The molecule has 5 rings (SSSR count). The lowest BCUT2D eigenvalue weighted by Crippen LogP contribution is -2.58. The Hall–Kier alpha value is -3.67. The van der Waals surface area contributed by atoms with Crippen molar-refractivity contribution in [3.8, 4) is 5.75 Å². The Bertz CT molecular complexity index is 1180. The number of hydroxylamine groups is 2. The van der Waals surface area contributed by atoms with Crippen LogP contribution in [0.3, 0.4) is 0 Å². The zero-order valence-electron chi connectivity index (χ0n) is 17.2. The summed E-state index contributed by atoms with van der Waals surface area (Å²) in [6.45, 7) is 0. The van der Waals surface area contributed by atoms with Crippen molar-refractivity contribution in [2.75, 3.05) is 0 Å². The first-order valence-electron chi connectivity index (χ1n) is 10.6. The maximum absolute atomic E-state index is 13.5. The lowest BCUT2D eigenvalue weighted by molar-refractivity contribution is -0.161. The maximum atomic E-state index is 13.5. The molecule has 0 bridgehead atoms. The Morgan fingerprint density at radius 2 is 1.28 bits per heavy atom. The van der Waals surface area contributed by atoms with E-state index in [2.05, 4.69) is 0 Å². The van der Waals surface area contributed by atoms with Crippen LogP contribution in [0.4, 0.5) is 0 Å². The molecule has 0 unspecified atom stereocenters. The monoisotopic (exact) mass is 424 g/mol. The minimum absolute atomic E-state index is 0.454. The van der Waals surface area contributed by atoms with Gasteiger partial charge in [0.05, 0.1) is 5.92 Å². The summed E-state index contributed by atoms with van der Waals surface area (Å²) in [4.78, 5) is 18.1. The van der Waals surface area contributed by atoms with Crippen LogP contribution in [-0.4, -0.2) is 22.3 Å². The van der Waals surface area contributed by atoms with E-state index < -0.39 is 29.8 Å². The number of benzene rings is 4. The van der Waals surface area contributed by atoms with Crippen molar-refractivity contribution < 1.29 is 14.7 Å². The predicted molar refractivity (Wildman–Crippen MR) is 123 cm³/mol. The number of aliphatic carboxylic acids is 1. The van der Waals surface area contributed by atoms with Crippen molar-refractivity contribution in [1.29, 1.82) is 0 Å². The van der Waals surface area contributed by atoms with Gasteiger partial charge in [-0.05, 0) is 22.6 Å². The number of hydrogen-bond acceptors (Lipinski definition) is 4. The van der Waals surface area contributed by atoms with Crippen LogP contribution in [0.2, 0.25) is 0 Å². The van der Waals surface area contributed by atoms with Crippen molar-refractivity contribution in [1.82, 2.24) is 5.23 Å². The minimum Gasteiger partial charge on any atom is -0.752 e. The fourth-order valence-electron chi connectivity index (χ4n) is 4.89. The van der Waals surface area contributed by atoms with Crippen molar-refractivity contribution in [2.24, 2.45) is 5.92 Å². The Morgan fingerprint density at radius 1 is 0.750 bits per heavy atom. The molecule has 1 N–H and O–H groups in total. The van der Waals surface area contributed by atoms with Gasteiger partial charge < -0.3 is 15.2 Å². The van der Waals surface area contributed by atoms with Gasteiger partial charge in [0.1, 0.15) is 0 Å². The zero-order chi connectivity index (χ0) is 22.1. The van der Waals surface area contributed by atoms with Crippen molar-refractivity contribution >= 4 is 16.7 Å². The molecule has 0 aromatic heterocycles. The lowest BCUT2D eigenvalue weighted by atomic mass is 9.56. The van der Waals surface area contributed by atoms with Gasteiger partial charge in [-0.25, -0.2) is 5.23 Å². The first-order chi connectivity index (χ1) is 15.6. The molecule has 0 aliphatic heterocycles. The lowest BCUT2D eigenvalue weighted by Gasteiger charge is -2.56. The Balaban J connectivity index is 1.55. The van der Waals surface area contributed by atoms with Crippen LogP contribution in [0.25, 0.3) is 10.8 Å². The highest BCUT2D eigenvalue weighted by Crippen LogP contribution is 2.55. The summed E-state index contributed by atoms with van der Waals surface area (Å²) in [6.07, 6.45) is 0. The Labute approximate surface area is 186 Å². The Kier molecular flexibility index (Phi) is 5.35. The van der Waals surface area contributed by atoms with Crippen molar-refractivity contribution in [2.45, 2.75) is 17.9 Å². The molecule has 1 aliphatic carbocycles. The fourth-order valence-corrected chi connectivity index (χ4v) is 4.89. The number of carboxylic acids is 1. The summed E-state index contributed by atoms with van der Waals surface area (Å²) in [5.41, 5.74) is 1.64. The third-order valence-electron chi connectivity index (χ3n) is 6.35. The molecular weight excluding hydrogens is 402 g/mol. The quantitative estimate of drug-likeness (QED) is 0.409. The molecule has 0 amide bonds. The van der Waals surface area contributed by atoms with Crippen molar-refractivity contribution in [3.05, 3.63) is 119 Å². The topological polar surface area (TPSA) is 72.8 Å². The number of carboxylic acid groups (broad SMARTS) is 1. The van der Waals surface area contributed by atoms with Crippen LogP contribution in [0.15, 0.2) is 103 Å². The number of hydrogen-bond donors (Lipinski definition) is 1. The zero-order valence-corrected chi connectivity index (χ0v) is 17.2. The van der Waals surface area contributed by atoms with Crippen LogP contribution in [0.5, 0.6) is 5.75 Å². The number of rotatable bonds is 6. The number of carbonyl (C=O) groups is 1. The third-order valence-corrected chi connectivity index (χ3v) is 6.35. The average Bonchev–Trinajstić information content (AvgIpc) is 2.80. The van der Waals surface area contributed by atoms with E-state index in [4.69, 9.17) is 4.84 Å². The molecule has 160 valence electrons. The largest absolute Gasteiger partial charge is 0.752 e. The first-order valence-corrected chi connectivity index (χ1v) is 10.6. The van der Waals surface area contributed by atoms with Gasteiger partial charge in [0.15, 0.2) is 5.75 Å². The van der Waals surface area contributed by atoms with Crippen LogP contribution in [0.1, 0.15) is 23.0 Å². The smallest absolute Gasteiger partial charge is 0.307 e. The van der Waals surface area contributed by atoms with Crippen LogP contribution in [-0.2, 0) is 4.79 Å². The minimum atomic E-state index is -0.914. The van der Waals surface area contributed by atoms with E-state index in [0.29, 0.717) is 11.0 Å². The van der Waals surface area contributed by atoms with E-state index in [1.54, 1.807) is 6.07 Å². The van der Waals surface area contributed by atoms with Gasteiger partial charge in [0, 0.05) is 23.3 Å². The van der Waals surface area contributed by atoms with Gasteiger partial charge in [-0.3, -0.25) is 4.79 Å². The normalized spacial score (nSPS) is 22.4. The van der Waals surface area contributed by atoms with E-state index in [1.165, 1.54) is 0 Å². The summed E-state index contributed by atoms with van der Waals surface area (Å²) in [7, 11) is 0. The standard InChI is InChI=1S/C27H22NO4/c29-27(30)25-23(19-11-3-1-4-12-19)26(24(25)20-13-5-2-6-14-20)28(31)32-22-17-9-15-18-10-7-8-16-21(18)22/h1-17,23-26H,(H,29,30)/q-1/t23-,24-,25?,26?/m1/s1. The second-order valence-corrected chi connectivity index (χ2v) is 8.08.